The van der Waals surface area contributed by atoms with Crippen molar-refractivity contribution in [3.05, 3.63) is 12.2 Å². The average Bonchev–Trinajstić information content (AvgIpc) is 3.03. The van der Waals surface area contributed by atoms with Crippen LogP contribution in [0.5, 0.6) is 0 Å². The van der Waals surface area contributed by atoms with Crippen molar-refractivity contribution in [2.24, 2.45) is 0 Å². The fraction of sp³-hybridized carbons (Fsp3) is 0.773. The Hall–Kier alpha value is -1.65. The number of ether oxygens (including phenoxy) is 1. The smallest absolute Gasteiger partial charge is 0.328 e. The van der Waals surface area contributed by atoms with Crippen LogP contribution in [0.2, 0.25) is 0 Å². The summed E-state index contributed by atoms with van der Waals surface area (Å²) in [5, 5.41) is 2.57. The van der Waals surface area contributed by atoms with E-state index in [1.165, 1.54) is 44.9 Å². The van der Waals surface area contributed by atoms with Gasteiger partial charge in [0.25, 0.3) is 0 Å². The second-order valence-electron chi connectivity index (χ2n) is 7.42. The zero-order valence-corrected chi connectivity index (χ0v) is 17.0. The Labute approximate surface area is 164 Å². The van der Waals surface area contributed by atoms with Crippen LogP contribution in [0, 0.1) is 0 Å². The molecule has 1 fully saturated rings. The van der Waals surface area contributed by atoms with E-state index in [2.05, 4.69) is 24.4 Å². The Bertz CT molecular complexity index is 473. The number of hydrogen-bond donors (Lipinski definition) is 1. The number of unbranched alkanes of at least 4 members (excludes halogenated alkanes) is 9. The fourth-order valence-corrected chi connectivity index (χ4v) is 3.18. The van der Waals surface area contributed by atoms with E-state index in [1.54, 1.807) is 0 Å². The van der Waals surface area contributed by atoms with Gasteiger partial charge in [0.1, 0.15) is 11.8 Å². The van der Waals surface area contributed by atoms with Crippen LogP contribution in [0.25, 0.3) is 0 Å². The van der Waals surface area contributed by atoms with E-state index in [0.29, 0.717) is 19.4 Å². The van der Waals surface area contributed by atoms with Crippen LogP contribution in [0.1, 0.15) is 96.8 Å². The molecule has 27 heavy (non-hydrogen) atoms. The standard InChI is InChI=1S/C22H37NO4/c1-2-3-4-5-6-7-8-9-10-11-12-13-14-15-19(24)18-21(25)23-20-16-17-27-22(20)26/h7-8,20H,2-6,9-18H2,1H3,(H,23,25)/b8-7+. The first-order valence-corrected chi connectivity index (χ1v) is 10.8. The SMILES string of the molecule is CCCCCC/C=C/CCCCCCCC(=O)CC(=O)NC1CCOC1=O. The molecule has 1 saturated heterocycles. The first-order valence-electron chi connectivity index (χ1n) is 10.8. The lowest BCUT2D eigenvalue weighted by Gasteiger charge is -2.08. The van der Waals surface area contributed by atoms with E-state index in [4.69, 9.17) is 4.74 Å². The second kappa shape index (κ2) is 15.4. The predicted molar refractivity (Wildman–Crippen MR) is 107 cm³/mol. The summed E-state index contributed by atoms with van der Waals surface area (Å²) in [7, 11) is 0. The number of allylic oxidation sites excluding steroid dienone is 2. The van der Waals surface area contributed by atoms with Gasteiger partial charge in [0.2, 0.25) is 5.91 Å². The zero-order valence-electron chi connectivity index (χ0n) is 17.0. The maximum Gasteiger partial charge on any atom is 0.328 e. The summed E-state index contributed by atoms with van der Waals surface area (Å²) in [4.78, 5) is 34.8. The lowest BCUT2D eigenvalue weighted by Crippen LogP contribution is -2.38. The molecule has 1 atom stereocenters. The number of cyclic esters (lactones) is 1. The Morgan fingerprint density at radius 3 is 2.26 bits per heavy atom. The molecule has 5 nitrogen and oxygen atoms in total. The third kappa shape index (κ3) is 12.4. The summed E-state index contributed by atoms with van der Waals surface area (Å²) >= 11 is 0. The van der Waals surface area contributed by atoms with Crippen molar-refractivity contribution in [1.29, 1.82) is 0 Å². The van der Waals surface area contributed by atoms with Gasteiger partial charge in [-0.25, -0.2) is 4.79 Å². The van der Waals surface area contributed by atoms with Crippen molar-refractivity contribution in [2.45, 2.75) is 103 Å². The van der Waals surface area contributed by atoms with E-state index in [1.807, 2.05) is 0 Å². The molecule has 1 aliphatic rings. The van der Waals surface area contributed by atoms with Crippen LogP contribution < -0.4 is 5.32 Å². The number of carbonyl (C=O) groups is 3. The molecule has 1 aliphatic heterocycles. The summed E-state index contributed by atoms with van der Waals surface area (Å²) in [6.45, 7) is 2.57. The Morgan fingerprint density at radius 2 is 1.63 bits per heavy atom. The molecule has 1 heterocycles. The van der Waals surface area contributed by atoms with Crippen molar-refractivity contribution < 1.29 is 19.1 Å². The van der Waals surface area contributed by atoms with Gasteiger partial charge in [0.15, 0.2) is 0 Å². The first kappa shape index (κ1) is 23.4. The highest BCUT2D eigenvalue weighted by molar-refractivity contribution is 5.99. The molecule has 0 spiro atoms. The molecule has 0 aliphatic carbocycles. The zero-order chi connectivity index (χ0) is 19.7. The van der Waals surface area contributed by atoms with Crippen LogP contribution >= 0.6 is 0 Å². The van der Waals surface area contributed by atoms with Gasteiger partial charge in [-0.2, -0.15) is 0 Å². The first-order chi connectivity index (χ1) is 13.1. The maximum atomic E-state index is 11.8. The molecule has 1 unspecified atom stereocenters. The number of carbonyl (C=O) groups excluding carboxylic acids is 3. The maximum absolute atomic E-state index is 11.8. The molecule has 0 radical (unpaired) electrons. The molecule has 1 amide bonds. The molecular weight excluding hydrogens is 342 g/mol. The lowest BCUT2D eigenvalue weighted by atomic mass is 10.1. The van der Waals surface area contributed by atoms with Crippen LogP contribution in [-0.2, 0) is 19.1 Å². The van der Waals surface area contributed by atoms with Crippen molar-refractivity contribution in [2.75, 3.05) is 6.61 Å². The molecule has 0 aromatic rings. The number of hydrogen-bond acceptors (Lipinski definition) is 4. The van der Waals surface area contributed by atoms with E-state index in [-0.39, 0.29) is 18.1 Å². The molecule has 1 N–H and O–H groups in total. The molecule has 0 bridgehead atoms. The van der Waals surface area contributed by atoms with Crippen LogP contribution in [0.15, 0.2) is 12.2 Å². The minimum atomic E-state index is -0.573. The van der Waals surface area contributed by atoms with Crippen molar-refractivity contribution in [3.63, 3.8) is 0 Å². The number of ketones is 1. The van der Waals surface area contributed by atoms with Gasteiger partial charge in [-0.05, 0) is 32.1 Å². The predicted octanol–water partition coefficient (Wildman–Crippen LogP) is 4.63. The third-order valence-corrected chi connectivity index (χ3v) is 4.85. The molecule has 5 heteroatoms. The van der Waals surface area contributed by atoms with Crippen molar-refractivity contribution >= 4 is 17.7 Å². The normalized spacial score (nSPS) is 16.6. The summed E-state index contributed by atoms with van der Waals surface area (Å²) in [6.07, 6.45) is 18.5. The fourth-order valence-electron chi connectivity index (χ4n) is 3.18. The Kier molecular flexibility index (Phi) is 13.4. The summed E-state index contributed by atoms with van der Waals surface area (Å²) in [5.74, 6) is -0.822. The van der Waals surface area contributed by atoms with Crippen LogP contribution in [0.3, 0.4) is 0 Å². The van der Waals surface area contributed by atoms with Crippen molar-refractivity contribution in [1.82, 2.24) is 5.32 Å². The molecule has 154 valence electrons. The highest BCUT2D eigenvalue weighted by Gasteiger charge is 2.28. The summed E-state index contributed by atoms with van der Waals surface area (Å²) in [6, 6.07) is -0.573. The topological polar surface area (TPSA) is 72.5 Å². The van der Waals surface area contributed by atoms with E-state index in [0.717, 1.165) is 25.7 Å². The van der Waals surface area contributed by atoms with E-state index < -0.39 is 12.0 Å². The van der Waals surface area contributed by atoms with Crippen LogP contribution in [0.4, 0.5) is 0 Å². The van der Waals surface area contributed by atoms with Crippen molar-refractivity contribution in [3.8, 4) is 0 Å². The molecule has 0 aromatic carbocycles. The lowest BCUT2D eigenvalue weighted by molar-refractivity contribution is -0.142. The number of esters is 1. The number of amides is 1. The Morgan fingerprint density at radius 1 is 1.00 bits per heavy atom. The molecule has 0 saturated carbocycles. The minimum absolute atomic E-state index is 0.0510. The molecule has 1 rings (SSSR count). The molecular formula is C22H37NO4. The summed E-state index contributed by atoms with van der Waals surface area (Å²) in [5.41, 5.74) is 0. The number of rotatable bonds is 16. The third-order valence-electron chi connectivity index (χ3n) is 4.85. The van der Waals surface area contributed by atoms with Gasteiger partial charge in [-0.15, -0.1) is 0 Å². The van der Waals surface area contributed by atoms with E-state index in [9.17, 15) is 14.4 Å². The van der Waals surface area contributed by atoms with Gasteiger partial charge in [-0.3, -0.25) is 9.59 Å². The van der Waals surface area contributed by atoms with Gasteiger partial charge >= 0.3 is 5.97 Å². The number of nitrogens with one attached hydrogen (secondary N) is 1. The quantitative estimate of drug-likeness (QED) is 0.184. The van der Waals surface area contributed by atoms with Gasteiger partial charge in [0.05, 0.1) is 13.0 Å². The minimum Gasteiger partial charge on any atom is -0.464 e. The van der Waals surface area contributed by atoms with Gasteiger partial charge < -0.3 is 10.1 Å². The van der Waals surface area contributed by atoms with E-state index >= 15 is 0 Å². The highest BCUT2D eigenvalue weighted by Crippen LogP contribution is 2.10. The Balaban J connectivity index is 1.89. The largest absolute Gasteiger partial charge is 0.464 e. The van der Waals surface area contributed by atoms with Crippen LogP contribution in [-0.4, -0.2) is 30.3 Å². The van der Waals surface area contributed by atoms with Gasteiger partial charge in [0, 0.05) is 12.8 Å². The monoisotopic (exact) mass is 379 g/mol. The highest BCUT2D eigenvalue weighted by atomic mass is 16.5. The molecule has 0 aromatic heterocycles. The summed E-state index contributed by atoms with van der Waals surface area (Å²) < 4.78 is 4.78. The average molecular weight is 380 g/mol. The van der Waals surface area contributed by atoms with Gasteiger partial charge in [-0.1, -0.05) is 57.6 Å². The number of Topliss-reactive ketones (excluding diaryl/α,β-unsaturated/α-hetero) is 1. The second-order valence-corrected chi connectivity index (χ2v) is 7.42.